The fourth-order valence-electron chi connectivity index (χ4n) is 4.61. The summed E-state index contributed by atoms with van der Waals surface area (Å²) in [5.41, 5.74) is 3.32. The van der Waals surface area contributed by atoms with Crippen LogP contribution in [0.25, 0.3) is 11.3 Å². The monoisotopic (exact) mass is 542 g/mol. The van der Waals surface area contributed by atoms with Crippen LogP contribution in [0.15, 0.2) is 83.4 Å². The number of aromatic nitrogens is 1. The van der Waals surface area contributed by atoms with Crippen molar-refractivity contribution in [3.8, 4) is 17.1 Å². The number of benzene rings is 2. The Kier molecular flexibility index (Phi) is 7.29. The first-order chi connectivity index (χ1) is 18.9. The molecule has 1 aliphatic heterocycles. The van der Waals surface area contributed by atoms with Gasteiger partial charge >= 0.3 is 5.97 Å². The van der Waals surface area contributed by atoms with Gasteiger partial charge in [0.2, 0.25) is 5.91 Å². The van der Waals surface area contributed by atoms with Gasteiger partial charge in [-0.15, -0.1) is 0 Å². The van der Waals surface area contributed by atoms with Crippen LogP contribution in [0.4, 0.5) is 11.4 Å². The lowest BCUT2D eigenvalue weighted by atomic mass is 10.0. The largest absolute Gasteiger partial charge is 0.495 e. The van der Waals surface area contributed by atoms with Gasteiger partial charge in [-0.2, -0.15) is 0 Å². The fourth-order valence-corrected chi connectivity index (χ4v) is 4.96. The molecule has 0 saturated carbocycles. The molecule has 0 bridgehead atoms. The molecule has 1 saturated heterocycles. The number of hydrogen-bond donors (Lipinski definition) is 2. The molecule has 9 nitrogen and oxygen atoms in total. The maximum atomic E-state index is 11.8. The van der Waals surface area contributed by atoms with Crippen molar-refractivity contribution in [3.05, 3.63) is 96.0 Å². The highest BCUT2D eigenvalue weighted by Gasteiger charge is 2.42. The van der Waals surface area contributed by atoms with Gasteiger partial charge in [0, 0.05) is 24.4 Å². The standard InChI is InChI=1S/C29H26N4O5S/c1-17(34)31-22-16-20(11-12-24(22)36-2)33-27(26(32-29(33)39)21-6-4-5-15-30-21)25-14-13-23(38-25)18-7-9-19(10-8-18)28(35)37-3/h4-16,26-27H,1-3H3,(H,31,34)(H,32,39)/t26-,27-/m0/s1. The summed E-state index contributed by atoms with van der Waals surface area (Å²) in [7, 11) is 2.89. The van der Waals surface area contributed by atoms with E-state index in [2.05, 4.69) is 15.6 Å². The molecule has 1 aliphatic rings. The maximum absolute atomic E-state index is 11.8. The lowest BCUT2D eigenvalue weighted by Crippen LogP contribution is -2.29. The molecule has 2 atom stereocenters. The van der Waals surface area contributed by atoms with Crippen LogP contribution in [-0.2, 0) is 9.53 Å². The van der Waals surface area contributed by atoms with E-state index in [4.69, 9.17) is 26.1 Å². The molecule has 10 heteroatoms. The molecule has 3 heterocycles. The summed E-state index contributed by atoms with van der Waals surface area (Å²) < 4.78 is 16.6. The second-order valence-electron chi connectivity index (χ2n) is 8.83. The van der Waals surface area contributed by atoms with E-state index in [0.717, 1.165) is 16.9 Å². The van der Waals surface area contributed by atoms with Crippen molar-refractivity contribution >= 4 is 40.6 Å². The minimum Gasteiger partial charge on any atom is -0.495 e. The Morgan fingerprint density at radius 1 is 1.05 bits per heavy atom. The van der Waals surface area contributed by atoms with Crippen LogP contribution in [0.5, 0.6) is 5.75 Å². The first kappa shape index (κ1) is 25.9. The van der Waals surface area contributed by atoms with Gasteiger partial charge in [-0.3, -0.25) is 9.78 Å². The Hall–Kier alpha value is -4.70. The van der Waals surface area contributed by atoms with Crippen molar-refractivity contribution in [2.75, 3.05) is 24.4 Å². The van der Waals surface area contributed by atoms with E-state index in [0.29, 0.717) is 33.6 Å². The van der Waals surface area contributed by atoms with E-state index >= 15 is 0 Å². The van der Waals surface area contributed by atoms with Crippen molar-refractivity contribution in [3.63, 3.8) is 0 Å². The number of methoxy groups -OCH3 is 2. The molecule has 2 N–H and O–H groups in total. The van der Waals surface area contributed by atoms with E-state index in [1.165, 1.54) is 14.0 Å². The number of carbonyl (C=O) groups excluding carboxylic acids is 2. The highest BCUT2D eigenvalue weighted by Crippen LogP contribution is 2.44. The van der Waals surface area contributed by atoms with Crippen molar-refractivity contribution < 1.29 is 23.5 Å². The van der Waals surface area contributed by atoms with E-state index in [-0.39, 0.29) is 11.9 Å². The van der Waals surface area contributed by atoms with Gasteiger partial charge in [0.1, 0.15) is 23.3 Å². The summed E-state index contributed by atoms with van der Waals surface area (Å²) in [6.45, 7) is 1.44. The number of carbonyl (C=O) groups is 2. The molecule has 0 radical (unpaired) electrons. The zero-order valence-corrected chi connectivity index (χ0v) is 22.3. The average Bonchev–Trinajstić information content (AvgIpc) is 3.57. The quantitative estimate of drug-likeness (QED) is 0.239. The third kappa shape index (κ3) is 5.19. The molecule has 2 aromatic carbocycles. The number of ether oxygens (including phenoxy) is 2. The molecule has 2 aromatic heterocycles. The molecule has 39 heavy (non-hydrogen) atoms. The zero-order chi connectivity index (χ0) is 27.5. The minimum atomic E-state index is -0.404. The fraction of sp³-hybridized carbons (Fsp3) is 0.172. The van der Waals surface area contributed by atoms with Crippen LogP contribution in [-0.4, -0.2) is 36.2 Å². The normalized spacial score (nSPS) is 16.5. The number of pyridine rings is 1. The van der Waals surface area contributed by atoms with Gasteiger partial charge in [-0.1, -0.05) is 18.2 Å². The number of hydrogen-bond acceptors (Lipinski definition) is 7. The van der Waals surface area contributed by atoms with E-state index in [1.54, 1.807) is 31.5 Å². The second kappa shape index (κ2) is 11.0. The van der Waals surface area contributed by atoms with Gasteiger partial charge in [0.05, 0.1) is 37.2 Å². The summed E-state index contributed by atoms with van der Waals surface area (Å²) in [5, 5.41) is 6.70. The van der Waals surface area contributed by atoms with Crippen molar-refractivity contribution in [2.24, 2.45) is 0 Å². The zero-order valence-electron chi connectivity index (χ0n) is 21.5. The van der Waals surface area contributed by atoms with Crippen LogP contribution in [0.1, 0.15) is 40.8 Å². The number of amides is 1. The third-order valence-corrected chi connectivity index (χ3v) is 6.69. The number of nitrogens with one attached hydrogen (secondary N) is 2. The molecular weight excluding hydrogens is 516 g/mol. The SMILES string of the molecule is COC(=O)c1ccc(-c2ccc([C@H]3[C@H](c4ccccn4)NC(=S)N3c3ccc(OC)c(NC(C)=O)c3)o2)cc1. The van der Waals surface area contributed by atoms with E-state index < -0.39 is 12.0 Å². The van der Waals surface area contributed by atoms with Gasteiger partial charge in [-0.25, -0.2) is 4.79 Å². The number of furan rings is 1. The molecule has 0 spiro atoms. The lowest BCUT2D eigenvalue weighted by Gasteiger charge is -2.27. The Morgan fingerprint density at radius 3 is 2.51 bits per heavy atom. The molecule has 5 rings (SSSR count). The Morgan fingerprint density at radius 2 is 1.85 bits per heavy atom. The minimum absolute atomic E-state index is 0.218. The number of esters is 1. The average molecular weight is 543 g/mol. The first-order valence-corrected chi connectivity index (χ1v) is 12.5. The Labute approximate surface area is 230 Å². The Bertz CT molecular complexity index is 1520. The van der Waals surface area contributed by atoms with Crippen LogP contribution in [0, 0.1) is 0 Å². The summed E-state index contributed by atoms with van der Waals surface area (Å²) in [6.07, 6.45) is 1.73. The first-order valence-electron chi connectivity index (χ1n) is 12.1. The maximum Gasteiger partial charge on any atom is 0.337 e. The van der Waals surface area contributed by atoms with Crippen LogP contribution in [0.3, 0.4) is 0 Å². The predicted octanol–water partition coefficient (Wildman–Crippen LogP) is 5.27. The number of rotatable bonds is 7. The Balaban J connectivity index is 1.56. The second-order valence-corrected chi connectivity index (χ2v) is 9.22. The molecule has 198 valence electrons. The topological polar surface area (TPSA) is 106 Å². The molecule has 0 unspecified atom stereocenters. The lowest BCUT2D eigenvalue weighted by molar-refractivity contribution is -0.114. The number of thiocarbonyl (C=S) groups is 1. The molecule has 4 aromatic rings. The van der Waals surface area contributed by atoms with Crippen LogP contribution < -0.4 is 20.3 Å². The third-order valence-electron chi connectivity index (χ3n) is 6.38. The van der Waals surface area contributed by atoms with Gasteiger partial charge in [0.25, 0.3) is 0 Å². The van der Waals surface area contributed by atoms with Crippen molar-refractivity contribution in [1.82, 2.24) is 10.3 Å². The number of nitrogens with zero attached hydrogens (tertiary/aromatic N) is 2. The summed E-state index contributed by atoms with van der Waals surface area (Å²) in [4.78, 5) is 30.2. The summed E-state index contributed by atoms with van der Waals surface area (Å²) in [6, 6.07) is 21.3. The molecule has 0 aliphatic carbocycles. The number of anilines is 2. The van der Waals surface area contributed by atoms with Crippen molar-refractivity contribution in [1.29, 1.82) is 0 Å². The van der Waals surface area contributed by atoms with Crippen LogP contribution in [0.2, 0.25) is 0 Å². The van der Waals surface area contributed by atoms with Gasteiger partial charge < -0.3 is 29.4 Å². The van der Waals surface area contributed by atoms with E-state index in [9.17, 15) is 9.59 Å². The predicted molar refractivity (Wildman–Crippen MR) is 151 cm³/mol. The smallest absolute Gasteiger partial charge is 0.337 e. The summed E-state index contributed by atoms with van der Waals surface area (Å²) in [5.74, 6) is 1.19. The highest BCUT2D eigenvalue weighted by molar-refractivity contribution is 7.80. The van der Waals surface area contributed by atoms with E-state index in [1.807, 2.05) is 59.5 Å². The molecule has 1 amide bonds. The van der Waals surface area contributed by atoms with Crippen LogP contribution >= 0.6 is 12.2 Å². The molecule has 1 fully saturated rings. The summed E-state index contributed by atoms with van der Waals surface area (Å²) >= 11 is 5.80. The van der Waals surface area contributed by atoms with Gasteiger partial charge in [-0.05, 0) is 66.8 Å². The van der Waals surface area contributed by atoms with Gasteiger partial charge in [0.15, 0.2) is 5.11 Å². The molecular formula is C29H26N4O5S. The van der Waals surface area contributed by atoms with Crippen molar-refractivity contribution in [2.45, 2.75) is 19.0 Å². The highest BCUT2D eigenvalue weighted by atomic mass is 32.1.